The maximum absolute atomic E-state index is 12.5. The highest BCUT2D eigenvalue weighted by atomic mass is 16.5. The van der Waals surface area contributed by atoms with Crippen molar-refractivity contribution in [1.82, 2.24) is 5.32 Å². The van der Waals surface area contributed by atoms with E-state index in [0.29, 0.717) is 19.4 Å². The minimum absolute atomic E-state index is 0.0145. The molecule has 0 bridgehead atoms. The van der Waals surface area contributed by atoms with Crippen LogP contribution in [0.1, 0.15) is 386 Å². The maximum atomic E-state index is 12.5. The Morgan fingerprint density at radius 1 is 0.365 bits per heavy atom. The van der Waals surface area contributed by atoms with Crippen LogP contribution in [-0.4, -0.2) is 47.4 Å². The fourth-order valence-corrected chi connectivity index (χ4v) is 10.9. The number of ether oxygens (including phenoxy) is 1. The van der Waals surface area contributed by atoms with Gasteiger partial charge in [0.25, 0.3) is 0 Å². The van der Waals surface area contributed by atoms with Crippen molar-refractivity contribution in [3.63, 3.8) is 0 Å². The molecule has 0 aliphatic carbocycles. The number of rotatable bonds is 64. The van der Waals surface area contributed by atoms with Crippen molar-refractivity contribution in [1.29, 1.82) is 0 Å². The SMILES string of the molecule is CCCCCCCCCCCCCCCCCCCCCCC/C=C/C(O)C(CO)NC(=O)CCCCCCCCCCCCCCCCCCCCCCCCCOC(=O)CCCCCCCCCCCCC. The third kappa shape index (κ3) is 59.8. The van der Waals surface area contributed by atoms with Crippen molar-refractivity contribution in [3.05, 3.63) is 12.2 Å². The summed E-state index contributed by atoms with van der Waals surface area (Å²) in [5.74, 6) is -0.0482. The van der Waals surface area contributed by atoms with Crippen molar-refractivity contribution in [3.8, 4) is 0 Å². The Bertz CT molecular complexity index is 1110. The van der Waals surface area contributed by atoms with Crippen LogP contribution in [0.4, 0.5) is 0 Å². The quantitative estimate of drug-likeness (QED) is 0.0320. The first kappa shape index (κ1) is 72.6. The Balaban J connectivity index is 3.40. The predicted octanol–water partition coefficient (Wildman–Crippen LogP) is 21.6. The molecule has 0 aromatic heterocycles. The van der Waals surface area contributed by atoms with E-state index in [4.69, 9.17) is 4.74 Å². The molecule has 0 aromatic carbocycles. The highest BCUT2D eigenvalue weighted by Crippen LogP contribution is 2.19. The summed E-state index contributed by atoms with van der Waals surface area (Å²) in [6.45, 7) is 4.94. The molecule has 0 heterocycles. The number of amides is 1. The van der Waals surface area contributed by atoms with Gasteiger partial charge in [0.05, 0.1) is 25.4 Å². The Morgan fingerprint density at radius 3 is 0.919 bits per heavy atom. The Kier molecular flexibility index (Phi) is 62.9. The molecule has 0 saturated carbocycles. The second kappa shape index (κ2) is 64.1. The summed E-state index contributed by atoms with van der Waals surface area (Å²) < 4.78 is 5.47. The molecule has 0 aromatic rings. The predicted molar refractivity (Wildman–Crippen MR) is 324 cm³/mol. The fourth-order valence-electron chi connectivity index (χ4n) is 10.9. The van der Waals surface area contributed by atoms with Crippen LogP contribution < -0.4 is 5.32 Å². The molecule has 0 aliphatic heterocycles. The Morgan fingerprint density at radius 2 is 0.622 bits per heavy atom. The lowest BCUT2D eigenvalue weighted by Gasteiger charge is -2.20. The molecule has 0 spiro atoms. The van der Waals surface area contributed by atoms with E-state index in [2.05, 4.69) is 19.2 Å². The van der Waals surface area contributed by atoms with Gasteiger partial charge in [-0.15, -0.1) is 0 Å². The van der Waals surface area contributed by atoms with Crippen LogP contribution in [0, 0.1) is 0 Å². The number of carbonyl (C=O) groups excluding carboxylic acids is 2. The number of unbranched alkanes of at least 4 members (excludes halogenated alkanes) is 53. The molecule has 440 valence electrons. The van der Waals surface area contributed by atoms with Crippen LogP contribution in [-0.2, 0) is 14.3 Å². The van der Waals surface area contributed by atoms with Crippen LogP contribution >= 0.6 is 0 Å². The molecule has 6 heteroatoms. The van der Waals surface area contributed by atoms with Crippen LogP contribution in [0.3, 0.4) is 0 Å². The number of allylic oxidation sites excluding steroid dienone is 1. The number of nitrogens with one attached hydrogen (secondary N) is 1. The van der Waals surface area contributed by atoms with Crippen LogP contribution in [0.15, 0.2) is 12.2 Å². The standard InChI is InChI=1S/C68H133NO5/c1-3-5-7-9-11-13-15-16-17-18-19-20-22-25-28-31-34-37-41-44-48-52-56-60-66(71)65(64-70)69-67(72)61-57-53-49-45-42-38-35-32-29-26-23-21-24-27-30-33-36-39-43-47-51-55-59-63-74-68(73)62-58-54-50-46-40-14-12-10-8-6-4-2/h56,60,65-66,70-71H,3-55,57-59,61-64H2,1-2H3,(H,69,72)/b60-56+. The van der Waals surface area contributed by atoms with Gasteiger partial charge in [-0.25, -0.2) is 0 Å². The molecular formula is C68H133NO5. The van der Waals surface area contributed by atoms with Gasteiger partial charge in [0.2, 0.25) is 5.91 Å². The van der Waals surface area contributed by atoms with Crippen molar-refractivity contribution in [2.75, 3.05) is 13.2 Å². The largest absolute Gasteiger partial charge is 0.466 e. The average molecular weight is 1040 g/mol. The van der Waals surface area contributed by atoms with Gasteiger partial charge in [0.1, 0.15) is 0 Å². The topological polar surface area (TPSA) is 95.9 Å². The summed E-state index contributed by atoms with van der Waals surface area (Å²) in [5.41, 5.74) is 0. The summed E-state index contributed by atoms with van der Waals surface area (Å²) >= 11 is 0. The van der Waals surface area contributed by atoms with E-state index in [1.54, 1.807) is 6.08 Å². The molecule has 0 aliphatic rings. The monoisotopic (exact) mass is 1040 g/mol. The van der Waals surface area contributed by atoms with Gasteiger partial charge in [-0.2, -0.15) is 0 Å². The van der Waals surface area contributed by atoms with Crippen molar-refractivity contribution < 1.29 is 24.5 Å². The third-order valence-electron chi connectivity index (χ3n) is 16.1. The van der Waals surface area contributed by atoms with Crippen LogP contribution in [0.2, 0.25) is 0 Å². The van der Waals surface area contributed by atoms with Gasteiger partial charge in [-0.05, 0) is 32.1 Å². The molecule has 0 radical (unpaired) electrons. The Hall–Kier alpha value is -1.40. The molecule has 2 atom stereocenters. The molecule has 3 N–H and O–H groups in total. The summed E-state index contributed by atoms with van der Waals surface area (Å²) in [4.78, 5) is 24.5. The summed E-state index contributed by atoms with van der Waals surface area (Å²) in [7, 11) is 0. The zero-order valence-electron chi connectivity index (χ0n) is 50.4. The summed E-state index contributed by atoms with van der Waals surface area (Å²) in [6, 6.07) is -0.628. The van der Waals surface area contributed by atoms with Gasteiger partial charge in [0, 0.05) is 12.8 Å². The molecule has 1 amide bonds. The molecule has 6 nitrogen and oxygen atoms in total. The number of hydrogen-bond acceptors (Lipinski definition) is 5. The second-order valence-electron chi connectivity index (χ2n) is 23.5. The molecule has 0 rings (SSSR count). The van der Waals surface area contributed by atoms with E-state index in [1.807, 2.05) is 6.08 Å². The minimum Gasteiger partial charge on any atom is -0.466 e. The number of aliphatic hydroxyl groups excluding tert-OH is 2. The smallest absolute Gasteiger partial charge is 0.305 e. The molecule has 2 unspecified atom stereocenters. The number of esters is 1. The van der Waals surface area contributed by atoms with E-state index in [9.17, 15) is 19.8 Å². The van der Waals surface area contributed by atoms with Gasteiger partial charge in [-0.3, -0.25) is 9.59 Å². The first-order valence-corrected chi connectivity index (χ1v) is 34.0. The van der Waals surface area contributed by atoms with Crippen molar-refractivity contribution in [2.45, 2.75) is 398 Å². The lowest BCUT2D eigenvalue weighted by Crippen LogP contribution is -2.45. The van der Waals surface area contributed by atoms with Crippen molar-refractivity contribution in [2.24, 2.45) is 0 Å². The number of carbonyl (C=O) groups is 2. The second-order valence-corrected chi connectivity index (χ2v) is 23.5. The van der Waals surface area contributed by atoms with E-state index in [0.717, 1.165) is 38.5 Å². The van der Waals surface area contributed by atoms with E-state index in [1.165, 1.54) is 321 Å². The van der Waals surface area contributed by atoms with Crippen LogP contribution in [0.25, 0.3) is 0 Å². The lowest BCUT2D eigenvalue weighted by atomic mass is 10.0. The molecule has 0 fully saturated rings. The van der Waals surface area contributed by atoms with Crippen LogP contribution in [0.5, 0.6) is 0 Å². The highest BCUT2D eigenvalue weighted by molar-refractivity contribution is 5.76. The minimum atomic E-state index is -0.844. The van der Waals surface area contributed by atoms with E-state index >= 15 is 0 Å². The average Bonchev–Trinajstić information content (AvgIpc) is 3.40. The third-order valence-corrected chi connectivity index (χ3v) is 16.1. The summed E-state index contributed by atoms with van der Waals surface area (Å²) in [5, 5.41) is 23.3. The summed E-state index contributed by atoms with van der Waals surface area (Å²) in [6.07, 6.45) is 78.5. The van der Waals surface area contributed by atoms with Gasteiger partial charge < -0.3 is 20.3 Å². The normalized spacial score (nSPS) is 12.5. The number of hydrogen-bond donors (Lipinski definition) is 3. The highest BCUT2D eigenvalue weighted by Gasteiger charge is 2.18. The zero-order chi connectivity index (χ0) is 53.6. The van der Waals surface area contributed by atoms with E-state index < -0.39 is 12.1 Å². The fraction of sp³-hybridized carbons (Fsp3) is 0.941. The lowest BCUT2D eigenvalue weighted by molar-refractivity contribution is -0.143. The van der Waals surface area contributed by atoms with Gasteiger partial charge in [-0.1, -0.05) is 353 Å². The van der Waals surface area contributed by atoms with E-state index in [-0.39, 0.29) is 18.5 Å². The molecular weight excluding hydrogens is 911 g/mol. The van der Waals surface area contributed by atoms with Gasteiger partial charge >= 0.3 is 5.97 Å². The first-order valence-electron chi connectivity index (χ1n) is 34.0. The molecule has 74 heavy (non-hydrogen) atoms. The van der Waals surface area contributed by atoms with Gasteiger partial charge in [0.15, 0.2) is 0 Å². The number of aliphatic hydroxyl groups is 2. The maximum Gasteiger partial charge on any atom is 0.305 e. The molecule has 0 saturated heterocycles. The first-order chi connectivity index (χ1) is 36.5. The van der Waals surface area contributed by atoms with Crippen molar-refractivity contribution >= 4 is 11.9 Å². The Labute approximate surface area is 463 Å². The zero-order valence-corrected chi connectivity index (χ0v) is 50.4.